The molecular formula is C24H38O5. The van der Waals surface area contributed by atoms with E-state index in [4.69, 9.17) is 14.2 Å². The fourth-order valence-corrected chi connectivity index (χ4v) is 5.96. The lowest BCUT2D eigenvalue weighted by molar-refractivity contribution is -0.170. The third-order valence-corrected chi connectivity index (χ3v) is 7.54. The van der Waals surface area contributed by atoms with E-state index in [2.05, 4.69) is 32.9 Å². The Kier molecular flexibility index (Phi) is 5.94. The molecule has 2 aliphatic carbocycles. The Morgan fingerprint density at radius 2 is 1.79 bits per heavy atom. The van der Waals surface area contributed by atoms with Gasteiger partial charge in [-0.05, 0) is 57.8 Å². The van der Waals surface area contributed by atoms with E-state index in [1.165, 1.54) is 13.8 Å². The van der Waals surface area contributed by atoms with Crippen molar-refractivity contribution in [3.63, 3.8) is 0 Å². The summed E-state index contributed by atoms with van der Waals surface area (Å²) in [6.45, 7) is 13.6. The molecule has 29 heavy (non-hydrogen) atoms. The van der Waals surface area contributed by atoms with Crippen molar-refractivity contribution in [3.8, 4) is 0 Å². The summed E-state index contributed by atoms with van der Waals surface area (Å²) in [4.78, 5) is 23.9. The number of esters is 2. The maximum absolute atomic E-state index is 12.1. The molecule has 7 atom stereocenters. The Hall–Kier alpha value is -1.36. The van der Waals surface area contributed by atoms with E-state index in [-0.39, 0.29) is 47.0 Å². The van der Waals surface area contributed by atoms with Gasteiger partial charge in [-0.15, -0.1) is 0 Å². The topological polar surface area (TPSA) is 65.1 Å². The van der Waals surface area contributed by atoms with Crippen LogP contribution in [0.5, 0.6) is 0 Å². The van der Waals surface area contributed by atoms with Crippen molar-refractivity contribution in [2.24, 2.45) is 23.2 Å². The zero-order valence-electron chi connectivity index (χ0n) is 19.1. The van der Waals surface area contributed by atoms with E-state index in [0.29, 0.717) is 12.3 Å². The van der Waals surface area contributed by atoms with Crippen molar-refractivity contribution < 1.29 is 23.8 Å². The predicted molar refractivity (Wildman–Crippen MR) is 111 cm³/mol. The Morgan fingerprint density at radius 3 is 2.41 bits per heavy atom. The van der Waals surface area contributed by atoms with Crippen molar-refractivity contribution in [3.05, 3.63) is 12.2 Å². The minimum absolute atomic E-state index is 0.0592. The van der Waals surface area contributed by atoms with Crippen LogP contribution in [0.2, 0.25) is 0 Å². The second-order valence-corrected chi connectivity index (χ2v) is 10.6. The van der Waals surface area contributed by atoms with E-state index < -0.39 is 5.60 Å². The van der Waals surface area contributed by atoms with Gasteiger partial charge in [-0.3, -0.25) is 9.59 Å². The van der Waals surface area contributed by atoms with Gasteiger partial charge in [0.2, 0.25) is 0 Å². The van der Waals surface area contributed by atoms with Crippen LogP contribution in [0.4, 0.5) is 0 Å². The normalized spacial score (nSPS) is 43.3. The molecule has 1 saturated carbocycles. The lowest BCUT2D eigenvalue weighted by Crippen LogP contribution is -2.47. The fourth-order valence-electron chi connectivity index (χ4n) is 5.96. The monoisotopic (exact) mass is 406 g/mol. The van der Waals surface area contributed by atoms with Crippen LogP contribution in [0.1, 0.15) is 80.6 Å². The summed E-state index contributed by atoms with van der Waals surface area (Å²) in [5, 5.41) is 0. The number of hydrogen-bond acceptors (Lipinski definition) is 5. The van der Waals surface area contributed by atoms with Crippen molar-refractivity contribution in [1.29, 1.82) is 0 Å². The molecule has 1 aliphatic heterocycles. The van der Waals surface area contributed by atoms with E-state index >= 15 is 0 Å². The summed E-state index contributed by atoms with van der Waals surface area (Å²) in [6.07, 6.45) is 9.35. The van der Waals surface area contributed by atoms with Crippen LogP contribution in [0, 0.1) is 23.2 Å². The Labute approximate surface area is 175 Å². The van der Waals surface area contributed by atoms with E-state index in [1.54, 1.807) is 0 Å². The van der Waals surface area contributed by atoms with Gasteiger partial charge in [-0.1, -0.05) is 26.0 Å². The third-order valence-electron chi connectivity index (χ3n) is 7.54. The van der Waals surface area contributed by atoms with Crippen LogP contribution in [0.25, 0.3) is 0 Å². The molecule has 0 N–H and O–H groups in total. The molecule has 0 aromatic rings. The van der Waals surface area contributed by atoms with Crippen LogP contribution in [-0.2, 0) is 23.8 Å². The first kappa shape index (κ1) is 22.3. The van der Waals surface area contributed by atoms with Crippen LogP contribution in [0.3, 0.4) is 0 Å². The smallest absolute Gasteiger partial charge is 0.303 e. The molecule has 3 rings (SSSR count). The Bertz CT molecular complexity index is 683. The highest BCUT2D eigenvalue weighted by atomic mass is 16.6. The summed E-state index contributed by atoms with van der Waals surface area (Å²) in [5.41, 5.74) is -0.998. The lowest BCUT2D eigenvalue weighted by atomic mass is 9.68. The van der Waals surface area contributed by atoms with Gasteiger partial charge in [0.15, 0.2) is 0 Å². The molecule has 0 aromatic heterocycles. The van der Waals surface area contributed by atoms with E-state index in [1.807, 2.05) is 13.8 Å². The van der Waals surface area contributed by atoms with Crippen LogP contribution in [0.15, 0.2) is 12.2 Å². The number of carbonyl (C=O) groups is 2. The van der Waals surface area contributed by atoms with Crippen molar-refractivity contribution >= 4 is 11.9 Å². The summed E-state index contributed by atoms with van der Waals surface area (Å²) in [6, 6.07) is 0. The number of hydrogen-bond donors (Lipinski definition) is 0. The van der Waals surface area contributed by atoms with Gasteiger partial charge >= 0.3 is 11.9 Å². The Morgan fingerprint density at radius 1 is 1.10 bits per heavy atom. The van der Waals surface area contributed by atoms with Gasteiger partial charge in [0.1, 0.15) is 11.7 Å². The van der Waals surface area contributed by atoms with Gasteiger partial charge in [0, 0.05) is 32.1 Å². The van der Waals surface area contributed by atoms with E-state index in [0.717, 1.165) is 25.7 Å². The zero-order chi connectivity index (χ0) is 21.6. The SMILES string of the molecule is CC(=O)O[C@@H]1C[C@@]2(C)OC2CC[C@H](C)/C=C/[C@]2(C)CCC(C(C)(C)OC(C)=O)C12. The van der Waals surface area contributed by atoms with Gasteiger partial charge in [-0.25, -0.2) is 0 Å². The molecule has 3 unspecified atom stereocenters. The zero-order valence-corrected chi connectivity index (χ0v) is 19.1. The number of carbonyl (C=O) groups excluding carboxylic acids is 2. The lowest BCUT2D eigenvalue weighted by Gasteiger charge is -2.43. The largest absolute Gasteiger partial charge is 0.462 e. The number of fused-ring (bicyclic) bond motifs is 2. The minimum Gasteiger partial charge on any atom is -0.462 e. The van der Waals surface area contributed by atoms with Crippen LogP contribution >= 0.6 is 0 Å². The molecule has 0 radical (unpaired) electrons. The highest BCUT2D eigenvalue weighted by molar-refractivity contribution is 5.67. The molecule has 0 bridgehead atoms. The predicted octanol–water partition coefficient (Wildman–Crippen LogP) is 4.83. The molecule has 2 fully saturated rings. The highest BCUT2D eigenvalue weighted by Crippen LogP contribution is 2.57. The first-order valence-corrected chi connectivity index (χ1v) is 11.1. The third kappa shape index (κ3) is 4.70. The van der Waals surface area contributed by atoms with Crippen molar-refractivity contribution in [1.82, 2.24) is 0 Å². The molecule has 5 nitrogen and oxygen atoms in total. The van der Waals surface area contributed by atoms with Gasteiger partial charge < -0.3 is 14.2 Å². The second kappa shape index (κ2) is 7.72. The highest BCUT2D eigenvalue weighted by Gasteiger charge is 2.59. The van der Waals surface area contributed by atoms with Gasteiger partial charge in [-0.2, -0.15) is 0 Å². The minimum atomic E-state index is -0.628. The molecule has 164 valence electrons. The maximum Gasteiger partial charge on any atom is 0.303 e. The number of rotatable bonds is 3. The van der Waals surface area contributed by atoms with Crippen LogP contribution in [-0.4, -0.2) is 35.3 Å². The second-order valence-electron chi connectivity index (χ2n) is 10.6. The maximum atomic E-state index is 12.1. The molecule has 1 saturated heterocycles. The van der Waals surface area contributed by atoms with E-state index in [9.17, 15) is 9.59 Å². The molecule has 5 heteroatoms. The van der Waals surface area contributed by atoms with Gasteiger partial charge in [0.05, 0.1) is 11.7 Å². The van der Waals surface area contributed by atoms with Crippen molar-refractivity contribution in [2.45, 2.75) is 104 Å². The number of ether oxygens (including phenoxy) is 3. The average Bonchev–Trinajstić information content (AvgIpc) is 3.05. The first-order valence-electron chi connectivity index (χ1n) is 11.1. The standard InChI is InChI=1S/C24H38O5/c1-15-8-9-20-24(7,29-20)14-19(27-16(2)25)21-18(22(4,5)28-17(3)26)11-13-23(21,6)12-10-15/h10,12,15,18-21H,8-9,11,13-14H2,1-7H3/b12-10+/t15-,18?,19+,20?,21?,23+,24+/m0/s1. The molecule has 0 amide bonds. The molecular weight excluding hydrogens is 368 g/mol. The quantitative estimate of drug-likeness (QED) is 0.382. The number of epoxide rings is 1. The molecule has 0 aromatic carbocycles. The Balaban J connectivity index is 2.03. The number of allylic oxidation sites excluding steroid dienone is 2. The van der Waals surface area contributed by atoms with Crippen molar-refractivity contribution in [2.75, 3.05) is 0 Å². The summed E-state index contributed by atoms with van der Waals surface area (Å²) in [5.74, 6) is 0.102. The summed E-state index contributed by atoms with van der Waals surface area (Å²) < 4.78 is 17.8. The average molecular weight is 407 g/mol. The summed E-state index contributed by atoms with van der Waals surface area (Å²) in [7, 11) is 0. The molecule has 3 aliphatic rings. The molecule has 1 heterocycles. The van der Waals surface area contributed by atoms with Crippen LogP contribution < -0.4 is 0 Å². The first-order chi connectivity index (χ1) is 13.4. The molecule has 0 spiro atoms. The summed E-state index contributed by atoms with van der Waals surface area (Å²) >= 11 is 0. The fraction of sp³-hybridized carbons (Fsp3) is 0.833. The van der Waals surface area contributed by atoms with Gasteiger partial charge in [0.25, 0.3) is 0 Å².